The maximum atomic E-state index is 13.4. The number of aryl methyl sites for hydroxylation is 1. The van der Waals surface area contributed by atoms with Gasteiger partial charge in [-0.25, -0.2) is 12.8 Å². The summed E-state index contributed by atoms with van der Waals surface area (Å²) in [5, 5.41) is 0. The molecule has 0 unspecified atom stereocenters. The van der Waals surface area contributed by atoms with Crippen LogP contribution in [0.4, 0.5) is 4.39 Å². The Labute approximate surface area is 152 Å². The van der Waals surface area contributed by atoms with Crippen LogP contribution in [0.3, 0.4) is 0 Å². The highest BCUT2D eigenvalue weighted by Crippen LogP contribution is 2.20. The second kappa shape index (κ2) is 7.17. The van der Waals surface area contributed by atoms with E-state index in [1.165, 1.54) is 31.5 Å². The Balaban J connectivity index is 1.72. The number of amides is 1. The largest absolute Gasteiger partial charge is 0.337 e. The smallest absolute Gasteiger partial charge is 0.241 e. The van der Waals surface area contributed by atoms with E-state index in [9.17, 15) is 17.6 Å². The van der Waals surface area contributed by atoms with Crippen molar-refractivity contribution in [3.63, 3.8) is 0 Å². The van der Waals surface area contributed by atoms with E-state index in [4.69, 9.17) is 0 Å². The lowest BCUT2D eigenvalue weighted by atomic mass is 9.99. The summed E-state index contributed by atoms with van der Waals surface area (Å²) in [6, 6.07) is 10.6. The predicted molar refractivity (Wildman–Crippen MR) is 96.5 cm³/mol. The zero-order chi connectivity index (χ0) is 18.9. The molecule has 1 amide bonds. The molecule has 1 aliphatic heterocycles. The molecule has 0 bridgehead atoms. The number of carbonyl (C=O) groups excluding carboxylic acids is 1. The van der Waals surface area contributed by atoms with Crippen LogP contribution in [0.2, 0.25) is 0 Å². The van der Waals surface area contributed by atoms with E-state index >= 15 is 0 Å². The minimum absolute atomic E-state index is 0.0555. The van der Waals surface area contributed by atoms with Gasteiger partial charge in [-0.05, 0) is 55.2 Å². The van der Waals surface area contributed by atoms with E-state index in [-0.39, 0.29) is 16.4 Å². The van der Waals surface area contributed by atoms with Crippen molar-refractivity contribution in [2.75, 3.05) is 6.54 Å². The Kier molecular flexibility index (Phi) is 5.11. The number of hydrogen-bond acceptors (Lipinski definition) is 3. The average Bonchev–Trinajstić information content (AvgIpc) is 2.62. The first-order chi connectivity index (χ1) is 12.3. The molecule has 7 heteroatoms. The van der Waals surface area contributed by atoms with E-state index in [0.717, 1.165) is 18.1 Å². The lowest BCUT2D eigenvalue weighted by Crippen LogP contribution is -2.48. The van der Waals surface area contributed by atoms with E-state index in [0.29, 0.717) is 13.1 Å². The lowest BCUT2D eigenvalue weighted by molar-refractivity contribution is -0.133. The molecular formula is C19H21FN2O3S. The highest BCUT2D eigenvalue weighted by Gasteiger charge is 2.28. The third kappa shape index (κ3) is 3.78. The fraction of sp³-hybridized carbons (Fsp3) is 0.316. The summed E-state index contributed by atoms with van der Waals surface area (Å²) in [7, 11) is -3.91. The number of halogens is 1. The van der Waals surface area contributed by atoms with Gasteiger partial charge < -0.3 is 4.90 Å². The molecule has 26 heavy (non-hydrogen) atoms. The number of nitrogens with one attached hydrogen (secondary N) is 1. The second-order valence-electron chi connectivity index (χ2n) is 6.53. The first-order valence-corrected chi connectivity index (χ1v) is 9.90. The molecule has 3 rings (SSSR count). The first kappa shape index (κ1) is 18.5. The molecule has 138 valence electrons. The first-order valence-electron chi connectivity index (χ1n) is 8.42. The SMILES string of the molecule is Cc1cc(S(=O)(=O)N[C@@H](C)C(=O)N2CCc3ccccc3C2)ccc1F. The van der Waals surface area contributed by atoms with Crippen LogP contribution in [-0.2, 0) is 27.8 Å². The molecule has 1 atom stereocenters. The highest BCUT2D eigenvalue weighted by molar-refractivity contribution is 7.89. The van der Waals surface area contributed by atoms with Gasteiger partial charge in [0.1, 0.15) is 5.82 Å². The van der Waals surface area contributed by atoms with Crippen molar-refractivity contribution >= 4 is 15.9 Å². The number of carbonyl (C=O) groups is 1. The molecule has 0 spiro atoms. The van der Waals surface area contributed by atoms with Crippen LogP contribution < -0.4 is 4.72 Å². The van der Waals surface area contributed by atoms with Crippen molar-refractivity contribution in [2.45, 2.75) is 37.8 Å². The lowest BCUT2D eigenvalue weighted by Gasteiger charge is -2.31. The quantitative estimate of drug-likeness (QED) is 0.891. The molecule has 1 heterocycles. The Hall–Kier alpha value is -2.25. The Bertz CT molecular complexity index is 944. The standard InChI is InChI=1S/C19H21FN2O3S/c1-13-11-17(7-8-18(13)20)26(24,25)21-14(2)19(23)22-10-9-15-5-3-4-6-16(15)12-22/h3-8,11,14,21H,9-10,12H2,1-2H3/t14-/m0/s1. The third-order valence-electron chi connectivity index (χ3n) is 4.58. The van der Waals surface area contributed by atoms with Crippen LogP contribution in [-0.4, -0.2) is 31.8 Å². The van der Waals surface area contributed by atoms with Crippen LogP contribution in [0.25, 0.3) is 0 Å². The Morgan fingerprint density at radius 2 is 1.88 bits per heavy atom. The van der Waals surface area contributed by atoms with Crippen LogP contribution in [0.5, 0.6) is 0 Å². The van der Waals surface area contributed by atoms with Gasteiger partial charge in [-0.2, -0.15) is 4.72 Å². The van der Waals surface area contributed by atoms with Crippen LogP contribution >= 0.6 is 0 Å². The highest BCUT2D eigenvalue weighted by atomic mass is 32.2. The van der Waals surface area contributed by atoms with Gasteiger partial charge in [0.05, 0.1) is 10.9 Å². The van der Waals surface area contributed by atoms with Gasteiger partial charge in [-0.1, -0.05) is 24.3 Å². The number of fused-ring (bicyclic) bond motifs is 1. The minimum atomic E-state index is -3.91. The molecule has 5 nitrogen and oxygen atoms in total. The van der Waals surface area contributed by atoms with E-state index in [1.807, 2.05) is 24.3 Å². The van der Waals surface area contributed by atoms with Crippen LogP contribution in [0.1, 0.15) is 23.6 Å². The summed E-state index contributed by atoms with van der Waals surface area (Å²) in [4.78, 5) is 14.3. The van der Waals surface area contributed by atoms with Gasteiger partial charge in [0.25, 0.3) is 0 Å². The topological polar surface area (TPSA) is 66.5 Å². The van der Waals surface area contributed by atoms with E-state index in [1.54, 1.807) is 4.90 Å². The number of hydrogen-bond donors (Lipinski definition) is 1. The number of benzene rings is 2. The molecule has 2 aromatic carbocycles. The summed E-state index contributed by atoms with van der Waals surface area (Å²) < 4.78 is 40.7. The van der Waals surface area contributed by atoms with Crippen molar-refractivity contribution < 1.29 is 17.6 Å². The average molecular weight is 376 g/mol. The summed E-state index contributed by atoms with van der Waals surface area (Å²) in [5.41, 5.74) is 2.53. The summed E-state index contributed by atoms with van der Waals surface area (Å²) in [5.74, 6) is -0.748. The third-order valence-corrected chi connectivity index (χ3v) is 6.12. The van der Waals surface area contributed by atoms with Crippen molar-refractivity contribution in [1.82, 2.24) is 9.62 Å². The Morgan fingerprint density at radius 1 is 1.19 bits per heavy atom. The fourth-order valence-electron chi connectivity index (χ4n) is 3.09. The van der Waals surface area contributed by atoms with Gasteiger partial charge >= 0.3 is 0 Å². The zero-order valence-electron chi connectivity index (χ0n) is 14.7. The molecule has 0 aromatic heterocycles. The maximum absolute atomic E-state index is 13.4. The van der Waals surface area contributed by atoms with Gasteiger partial charge in [0, 0.05) is 13.1 Å². The van der Waals surface area contributed by atoms with E-state index < -0.39 is 21.9 Å². The normalized spacial score (nSPS) is 15.4. The molecular weight excluding hydrogens is 355 g/mol. The number of sulfonamides is 1. The molecule has 0 fully saturated rings. The zero-order valence-corrected chi connectivity index (χ0v) is 15.5. The summed E-state index contributed by atoms with van der Waals surface area (Å²) >= 11 is 0. The molecule has 1 N–H and O–H groups in total. The van der Waals surface area contributed by atoms with Crippen molar-refractivity contribution in [2.24, 2.45) is 0 Å². The molecule has 0 saturated carbocycles. The van der Waals surface area contributed by atoms with Crippen LogP contribution in [0.15, 0.2) is 47.4 Å². The van der Waals surface area contributed by atoms with Gasteiger partial charge in [-0.15, -0.1) is 0 Å². The number of nitrogens with zero attached hydrogens (tertiary/aromatic N) is 1. The van der Waals surface area contributed by atoms with Crippen LogP contribution in [0, 0.1) is 12.7 Å². The van der Waals surface area contributed by atoms with Gasteiger partial charge in [-0.3, -0.25) is 4.79 Å². The maximum Gasteiger partial charge on any atom is 0.241 e. The summed E-state index contributed by atoms with van der Waals surface area (Å²) in [6.45, 7) is 4.04. The number of rotatable bonds is 4. The predicted octanol–water partition coefficient (Wildman–Crippen LogP) is 2.39. The van der Waals surface area contributed by atoms with Crippen molar-refractivity contribution in [1.29, 1.82) is 0 Å². The Morgan fingerprint density at radius 3 is 2.58 bits per heavy atom. The molecule has 0 saturated heterocycles. The van der Waals surface area contributed by atoms with Gasteiger partial charge in [0.2, 0.25) is 15.9 Å². The molecule has 1 aliphatic rings. The fourth-order valence-corrected chi connectivity index (χ4v) is 4.37. The molecule has 2 aromatic rings. The molecule has 0 radical (unpaired) electrons. The minimum Gasteiger partial charge on any atom is -0.337 e. The van der Waals surface area contributed by atoms with Crippen molar-refractivity contribution in [3.8, 4) is 0 Å². The van der Waals surface area contributed by atoms with Crippen molar-refractivity contribution in [3.05, 3.63) is 65.0 Å². The second-order valence-corrected chi connectivity index (χ2v) is 8.25. The summed E-state index contributed by atoms with van der Waals surface area (Å²) in [6.07, 6.45) is 0.749. The van der Waals surface area contributed by atoms with E-state index in [2.05, 4.69) is 4.72 Å². The monoisotopic (exact) mass is 376 g/mol. The molecule has 0 aliphatic carbocycles. The van der Waals surface area contributed by atoms with Gasteiger partial charge in [0.15, 0.2) is 0 Å².